The summed E-state index contributed by atoms with van der Waals surface area (Å²) in [6.07, 6.45) is 0. The highest BCUT2D eigenvalue weighted by Gasteiger charge is 2.16. The van der Waals surface area contributed by atoms with Crippen LogP contribution < -0.4 is 4.74 Å². The third-order valence-electron chi connectivity index (χ3n) is 2.79. The second kappa shape index (κ2) is 6.87. The highest BCUT2D eigenvalue weighted by molar-refractivity contribution is 9.10. The van der Waals surface area contributed by atoms with Crippen LogP contribution >= 0.6 is 27.5 Å². The van der Waals surface area contributed by atoms with E-state index in [9.17, 15) is 14.5 Å². The van der Waals surface area contributed by atoms with E-state index < -0.39 is 10.7 Å². The average Bonchev–Trinajstić information content (AvgIpc) is 2.48. The molecule has 0 heterocycles. The second-order valence-electron chi connectivity index (χ2n) is 4.19. The molecule has 2 aromatic rings. The number of ether oxygens (including phenoxy) is 1. The normalized spacial score (nSPS) is 10.4. The first-order chi connectivity index (χ1) is 10.0. The van der Waals surface area contributed by atoms with Crippen LogP contribution in [0.25, 0.3) is 0 Å². The van der Waals surface area contributed by atoms with Crippen LogP contribution in [0.4, 0.5) is 10.1 Å². The van der Waals surface area contributed by atoms with Crippen molar-refractivity contribution in [3.63, 3.8) is 0 Å². The average molecular weight is 375 g/mol. The first-order valence-electron chi connectivity index (χ1n) is 5.92. The lowest BCUT2D eigenvalue weighted by atomic mass is 10.2. The minimum atomic E-state index is -0.536. The summed E-state index contributed by atoms with van der Waals surface area (Å²) in [4.78, 5) is 10.5. The third kappa shape index (κ3) is 3.71. The number of halogens is 3. The predicted octanol–water partition coefficient (Wildman–Crippen LogP) is 4.81. The van der Waals surface area contributed by atoms with Crippen LogP contribution in [-0.2, 0) is 12.5 Å². The van der Waals surface area contributed by atoms with Gasteiger partial charge in [-0.2, -0.15) is 0 Å². The summed E-state index contributed by atoms with van der Waals surface area (Å²) in [5, 5.41) is 11.0. The largest absolute Gasteiger partial charge is 0.482 e. The zero-order valence-electron chi connectivity index (χ0n) is 10.7. The summed E-state index contributed by atoms with van der Waals surface area (Å²) in [6, 6.07) is 9.03. The van der Waals surface area contributed by atoms with Crippen LogP contribution in [0.2, 0.25) is 0 Å². The van der Waals surface area contributed by atoms with Gasteiger partial charge in [0.05, 0.1) is 9.40 Å². The number of hydrogen-bond acceptors (Lipinski definition) is 3. The van der Waals surface area contributed by atoms with Crippen molar-refractivity contribution in [1.29, 1.82) is 0 Å². The summed E-state index contributed by atoms with van der Waals surface area (Å²) in [7, 11) is 0. The monoisotopic (exact) mass is 373 g/mol. The smallest absolute Gasteiger partial charge is 0.311 e. The lowest BCUT2D eigenvalue weighted by Crippen LogP contribution is -2.01. The molecule has 0 unspecified atom stereocenters. The minimum Gasteiger partial charge on any atom is -0.482 e. The number of benzene rings is 2. The highest BCUT2D eigenvalue weighted by atomic mass is 79.9. The van der Waals surface area contributed by atoms with Crippen molar-refractivity contribution in [2.45, 2.75) is 12.5 Å². The summed E-state index contributed by atoms with van der Waals surface area (Å²) in [5.41, 5.74) is 1.02. The molecule has 21 heavy (non-hydrogen) atoms. The van der Waals surface area contributed by atoms with E-state index in [1.165, 1.54) is 18.2 Å². The highest BCUT2D eigenvalue weighted by Crippen LogP contribution is 2.30. The standard InChI is InChI=1S/C14H10BrClFNO3/c15-14-10(2-1-3-11(14)17)8-21-13-5-4-9(7-16)6-12(13)18(19)20/h1-6H,7-8H2. The summed E-state index contributed by atoms with van der Waals surface area (Å²) in [5.74, 6) is -0.121. The molecule has 4 nitrogen and oxygen atoms in total. The van der Waals surface area contributed by atoms with Crippen LogP contribution in [0, 0.1) is 15.9 Å². The molecule has 0 aliphatic heterocycles. The first-order valence-corrected chi connectivity index (χ1v) is 7.24. The maximum Gasteiger partial charge on any atom is 0.311 e. The van der Waals surface area contributed by atoms with E-state index in [-0.39, 0.29) is 28.4 Å². The van der Waals surface area contributed by atoms with Gasteiger partial charge in [-0.25, -0.2) is 4.39 Å². The van der Waals surface area contributed by atoms with Crippen molar-refractivity contribution >= 4 is 33.2 Å². The zero-order valence-corrected chi connectivity index (χ0v) is 13.0. The van der Waals surface area contributed by atoms with E-state index >= 15 is 0 Å². The molecule has 7 heteroatoms. The Kier molecular flexibility index (Phi) is 5.14. The second-order valence-corrected chi connectivity index (χ2v) is 5.25. The number of nitro groups is 1. The molecule has 0 aliphatic carbocycles. The van der Waals surface area contributed by atoms with E-state index in [1.54, 1.807) is 18.2 Å². The SMILES string of the molecule is O=[N+]([O-])c1cc(CCl)ccc1OCc1cccc(F)c1Br. The van der Waals surface area contributed by atoms with Gasteiger partial charge in [0.15, 0.2) is 5.75 Å². The number of rotatable bonds is 5. The van der Waals surface area contributed by atoms with Crippen LogP contribution in [0.1, 0.15) is 11.1 Å². The summed E-state index contributed by atoms with van der Waals surface area (Å²) in [6.45, 7) is 0.0133. The van der Waals surface area contributed by atoms with E-state index in [2.05, 4.69) is 15.9 Å². The Labute approximate surface area is 133 Å². The Hall–Kier alpha value is -1.66. The Balaban J connectivity index is 2.23. The lowest BCUT2D eigenvalue weighted by molar-refractivity contribution is -0.386. The molecule has 2 aromatic carbocycles. The first kappa shape index (κ1) is 15.7. The van der Waals surface area contributed by atoms with Crippen molar-refractivity contribution < 1.29 is 14.1 Å². The van der Waals surface area contributed by atoms with E-state index in [4.69, 9.17) is 16.3 Å². The van der Waals surface area contributed by atoms with Gasteiger partial charge in [-0.1, -0.05) is 18.2 Å². The molecule has 0 atom stereocenters. The fourth-order valence-corrected chi connectivity index (χ4v) is 2.27. The molecule has 0 fully saturated rings. The van der Waals surface area contributed by atoms with Crippen LogP contribution in [0.3, 0.4) is 0 Å². The van der Waals surface area contributed by atoms with E-state index in [0.29, 0.717) is 11.1 Å². The van der Waals surface area contributed by atoms with Gasteiger partial charge in [0, 0.05) is 17.5 Å². The van der Waals surface area contributed by atoms with Crippen molar-refractivity contribution in [1.82, 2.24) is 0 Å². The van der Waals surface area contributed by atoms with Crippen molar-refractivity contribution in [2.24, 2.45) is 0 Å². The Morgan fingerprint density at radius 1 is 1.33 bits per heavy atom. The molecule has 0 amide bonds. The molecule has 0 bridgehead atoms. The Morgan fingerprint density at radius 2 is 2.10 bits per heavy atom. The van der Waals surface area contributed by atoms with E-state index in [0.717, 1.165) is 0 Å². The number of nitrogens with zero attached hydrogens (tertiary/aromatic N) is 1. The third-order valence-corrected chi connectivity index (χ3v) is 3.99. The molecule has 110 valence electrons. The Bertz CT molecular complexity index is 681. The molecule has 0 saturated carbocycles. The fraction of sp³-hybridized carbons (Fsp3) is 0.143. The minimum absolute atomic E-state index is 0.0133. The van der Waals surface area contributed by atoms with Gasteiger partial charge in [-0.15, -0.1) is 11.6 Å². The maximum absolute atomic E-state index is 13.4. The number of alkyl halides is 1. The van der Waals surface area contributed by atoms with Gasteiger partial charge in [-0.05, 0) is 33.6 Å². The predicted molar refractivity (Wildman–Crippen MR) is 81.1 cm³/mol. The van der Waals surface area contributed by atoms with Crippen molar-refractivity contribution in [2.75, 3.05) is 0 Å². The van der Waals surface area contributed by atoms with Gasteiger partial charge in [0.2, 0.25) is 0 Å². The molecule has 0 radical (unpaired) electrons. The molecular weight excluding hydrogens is 365 g/mol. The molecule has 0 aromatic heterocycles. The van der Waals surface area contributed by atoms with Gasteiger partial charge in [-0.3, -0.25) is 10.1 Å². The Morgan fingerprint density at radius 3 is 2.76 bits per heavy atom. The topological polar surface area (TPSA) is 52.4 Å². The molecule has 0 spiro atoms. The van der Waals surface area contributed by atoms with E-state index in [1.807, 2.05) is 0 Å². The van der Waals surface area contributed by atoms with Crippen LogP contribution in [0.15, 0.2) is 40.9 Å². The molecular formula is C14H10BrClFNO3. The summed E-state index contributed by atoms with van der Waals surface area (Å²) < 4.78 is 19.1. The van der Waals surface area contributed by atoms with Crippen LogP contribution in [0.5, 0.6) is 5.75 Å². The molecule has 2 rings (SSSR count). The fourth-order valence-electron chi connectivity index (χ4n) is 1.73. The van der Waals surface area contributed by atoms with Gasteiger partial charge >= 0.3 is 5.69 Å². The van der Waals surface area contributed by atoms with Gasteiger partial charge in [0.1, 0.15) is 12.4 Å². The van der Waals surface area contributed by atoms with Crippen molar-refractivity contribution in [3.8, 4) is 5.75 Å². The molecule has 0 N–H and O–H groups in total. The quantitative estimate of drug-likeness (QED) is 0.428. The number of nitro benzene ring substituents is 1. The van der Waals surface area contributed by atoms with Crippen LogP contribution in [-0.4, -0.2) is 4.92 Å². The van der Waals surface area contributed by atoms with Gasteiger partial charge in [0.25, 0.3) is 0 Å². The molecule has 0 saturated heterocycles. The van der Waals surface area contributed by atoms with Crippen molar-refractivity contribution in [3.05, 3.63) is 67.9 Å². The number of hydrogen-bond donors (Lipinski definition) is 0. The summed E-state index contributed by atoms with van der Waals surface area (Å²) >= 11 is 8.77. The van der Waals surface area contributed by atoms with Gasteiger partial charge < -0.3 is 4.74 Å². The molecule has 0 aliphatic rings. The maximum atomic E-state index is 13.4. The zero-order chi connectivity index (χ0) is 15.4. The lowest BCUT2D eigenvalue weighted by Gasteiger charge is -2.09.